The van der Waals surface area contributed by atoms with E-state index in [1.54, 1.807) is 6.07 Å². The molecular formula is C20H16Br2FNO2S. The summed E-state index contributed by atoms with van der Waals surface area (Å²) in [4.78, 5) is 13.1. The third kappa shape index (κ3) is 4.78. The number of thiophene rings is 1. The zero-order chi connectivity index (χ0) is 19.6. The topological polar surface area (TPSA) is 38.3 Å². The van der Waals surface area contributed by atoms with Crippen molar-refractivity contribution in [3.63, 3.8) is 0 Å². The minimum absolute atomic E-state index is 0.258. The number of amides is 1. The van der Waals surface area contributed by atoms with E-state index in [1.165, 1.54) is 29.0 Å². The largest absolute Gasteiger partial charge is 0.489 e. The number of rotatable bonds is 5. The quantitative estimate of drug-likeness (QED) is 0.405. The van der Waals surface area contributed by atoms with Gasteiger partial charge in [-0.3, -0.25) is 4.79 Å². The highest BCUT2D eigenvalue weighted by Crippen LogP contribution is 2.33. The van der Waals surface area contributed by atoms with Crippen LogP contribution >= 0.6 is 43.2 Å². The van der Waals surface area contributed by atoms with Crippen molar-refractivity contribution >= 4 is 54.8 Å². The Hall–Kier alpha value is -1.70. The lowest BCUT2D eigenvalue weighted by atomic mass is 10.1. The molecule has 0 aliphatic heterocycles. The second-order valence-electron chi connectivity index (χ2n) is 6.00. The highest BCUT2D eigenvalue weighted by Gasteiger charge is 2.15. The summed E-state index contributed by atoms with van der Waals surface area (Å²) in [5, 5.41) is 4.69. The van der Waals surface area contributed by atoms with Gasteiger partial charge in [0.25, 0.3) is 5.91 Å². The van der Waals surface area contributed by atoms with Crippen LogP contribution in [-0.2, 0) is 6.61 Å². The fourth-order valence-electron chi connectivity index (χ4n) is 2.45. The van der Waals surface area contributed by atoms with Gasteiger partial charge in [-0.1, -0.05) is 12.1 Å². The number of hydrogen-bond acceptors (Lipinski definition) is 3. The molecule has 140 valence electrons. The van der Waals surface area contributed by atoms with Crippen LogP contribution in [0.4, 0.5) is 10.1 Å². The van der Waals surface area contributed by atoms with Crippen molar-refractivity contribution in [3.8, 4) is 5.75 Å². The Bertz CT molecular complexity index is 980. The van der Waals surface area contributed by atoms with E-state index < -0.39 is 5.82 Å². The third-order valence-corrected chi connectivity index (χ3v) is 6.30. The summed E-state index contributed by atoms with van der Waals surface area (Å²) in [6.45, 7) is 4.45. The van der Waals surface area contributed by atoms with Gasteiger partial charge in [0.05, 0.1) is 10.6 Å². The van der Waals surface area contributed by atoms with Crippen LogP contribution in [0.25, 0.3) is 0 Å². The van der Waals surface area contributed by atoms with Crippen molar-refractivity contribution in [2.75, 3.05) is 5.32 Å². The highest BCUT2D eigenvalue weighted by molar-refractivity contribution is 9.11. The molecule has 1 heterocycles. The first kappa shape index (κ1) is 20.0. The molecule has 1 amide bonds. The van der Waals surface area contributed by atoms with Crippen LogP contribution in [0.1, 0.15) is 26.4 Å². The lowest BCUT2D eigenvalue weighted by molar-refractivity contribution is 0.103. The second kappa shape index (κ2) is 8.54. The molecular weight excluding hydrogens is 497 g/mol. The number of ether oxygens (including phenoxy) is 1. The van der Waals surface area contributed by atoms with Crippen molar-refractivity contribution in [2.24, 2.45) is 0 Å². The van der Waals surface area contributed by atoms with Crippen LogP contribution in [0, 0.1) is 19.7 Å². The van der Waals surface area contributed by atoms with Gasteiger partial charge in [-0.15, -0.1) is 11.3 Å². The number of halogens is 3. The van der Waals surface area contributed by atoms with E-state index in [4.69, 9.17) is 4.74 Å². The van der Waals surface area contributed by atoms with Crippen molar-refractivity contribution < 1.29 is 13.9 Å². The molecule has 7 heteroatoms. The fraction of sp³-hybridized carbons (Fsp3) is 0.150. The monoisotopic (exact) mass is 511 g/mol. The maximum absolute atomic E-state index is 13.4. The second-order valence-corrected chi connectivity index (χ2v) is 8.62. The number of aryl methyl sites for hydroxylation is 1. The maximum Gasteiger partial charge on any atom is 0.265 e. The average molecular weight is 513 g/mol. The smallest absolute Gasteiger partial charge is 0.265 e. The Morgan fingerprint density at radius 3 is 2.59 bits per heavy atom. The Balaban J connectivity index is 1.68. The lowest BCUT2D eigenvalue weighted by Crippen LogP contribution is -2.11. The van der Waals surface area contributed by atoms with Crippen LogP contribution in [0.15, 0.2) is 50.7 Å². The maximum atomic E-state index is 13.4. The lowest BCUT2D eigenvalue weighted by Gasteiger charge is -2.10. The minimum atomic E-state index is -0.395. The van der Waals surface area contributed by atoms with Gasteiger partial charge < -0.3 is 10.1 Å². The average Bonchev–Trinajstić information content (AvgIpc) is 3.08. The van der Waals surface area contributed by atoms with Crippen LogP contribution < -0.4 is 10.1 Å². The summed E-state index contributed by atoms with van der Waals surface area (Å²) in [5.41, 5.74) is 3.69. The Morgan fingerprint density at radius 1 is 1.19 bits per heavy atom. The molecule has 0 saturated heterocycles. The van der Waals surface area contributed by atoms with Gasteiger partial charge in [0.2, 0.25) is 0 Å². The van der Waals surface area contributed by atoms with E-state index >= 15 is 0 Å². The predicted molar refractivity (Wildman–Crippen MR) is 114 cm³/mol. The molecule has 0 bridgehead atoms. The predicted octanol–water partition coefficient (Wildman–Crippen LogP) is 6.86. The Kier molecular flexibility index (Phi) is 6.34. The first-order chi connectivity index (χ1) is 12.8. The number of hydrogen-bond donors (Lipinski definition) is 1. The van der Waals surface area contributed by atoms with E-state index in [1.807, 2.05) is 37.4 Å². The summed E-state index contributed by atoms with van der Waals surface area (Å²) < 4.78 is 20.2. The fourth-order valence-corrected chi connectivity index (χ4v) is 4.57. The molecule has 0 radical (unpaired) electrons. The summed E-state index contributed by atoms with van der Waals surface area (Å²) in [7, 11) is 0. The van der Waals surface area contributed by atoms with Crippen LogP contribution in [0.2, 0.25) is 0 Å². The number of benzene rings is 2. The molecule has 0 spiro atoms. The van der Waals surface area contributed by atoms with E-state index in [-0.39, 0.29) is 5.91 Å². The Labute approximate surface area is 177 Å². The van der Waals surface area contributed by atoms with Crippen molar-refractivity contribution in [1.29, 1.82) is 0 Å². The molecule has 1 N–H and O–H groups in total. The summed E-state index contributed by atoms with van der Waals surface area (Å²) >= 11 is 7.87. The van der Waals surface area contributed by atoms with Gasteiger partial charge in [-0.25, -0.2) is 4.39 Å². The molecule has 2 aromatic carbocycles. The SMILES string of the molecule is Cc1cccc(OCc2csc(C(=O)Nc3c(Br)cc(F)cc3Br)c2)c1C. The molecule has 1 aromatic heterocycles. The zero-order valence-corrected chi connectivity index (χ0v) is 18.6. The Morgan fingerprint density at radius 2 is 1.89 bits per heavy atom. The minimum Gasteiger partial charge on any atom is -0.489 e. The summed E-state index contributed by atoms with van der Waals surface area (Å²) in [6, 6.07) is 10.3. The van der Waals surface area contributed by atoms with Gasteiger partial charge in [0.1, 0.15) is 18.2 Å². The van der Waals surface area contributed by atoms with Crippen molar-refractivity contribution in [2.45, 2.75) is 20.5 Å². The van der Waals surface area contributed by atoms with Crippen LogP contribution in [0.3, 0.4) is 0 Å². The van der Waals surface area contributed by atoms with Gasteiger partial charge in [-0.05, 0) is 86.5 Å². The van der Waals surface area contributed by atoms with E-state index in [0.717, 1.165) is 16.9 Å². The zero-order valence-electron chi connectivity index (χ0n) is 14.6. The molecule has 0 atom stereocenters. The van der Waals surface area contributed by atoms with Crippen LogP contribution in [0.5, 0.6) is 5.75 Å². The van der Waals surface area contributed by atoms with Crippen LogP contribution in [-0.4, -0.2) is 5.91 Å². The number of anilines is 1. The molecule has 3 aromatic rings. The van der Waals surface area contributed by atoms with Gasteiger partial charge in [0.15, 0.2) is 0 Å². The molecule has 0 saturated carbocycles. The van der Waals surface area contributed by atoms with Crippen molar-refractivity contribution in [1.82, 2.24) is 0 Å². The highest BCUT2D eigenvalue weighted by atomic mass is 79.9. The first-order valence-corrected chi connectivity index (χ1v) is 10.5. The molecule has 0 aliphatic carbocycles. The first-order valence-electron chi connectivity index (χ1n) is 8.07. The summed E-state index contributed by atoms with van der Waals surface area (Å²) in [5.74, 6) is 0.186. The molecule has 3 rings (SSSR count). The van der Waals surface area contributed by atoms with E-state index in [9.17, 15) is 9.18 Å². The molecule has 0 unspecified atom stereocenters. The van der Waals surface area contributed by atoms with Gasteiger partial charge in [-0.2, -0.15) is 0 Å². The number of carbonyl (C=O) groups is 1. The van der Waals surface area contributed by atoms with Gasteiger partial charge in [0, 0.05) is 14.5 Å². The van der Waals surface area contributed by atoms with E-state index in [0.29, 0.717) is 26.1 Å². The van der Waals surface area contributed by atoms with Gasteiger partial charge >= 0.3 is 0 Å². The molecule has 3 nitrogen and oxygen atoms in total. The molecule has 0 fully saturated rings. The van der Waals surface area contributed by atoms with Crippen molar-refractivity contribution in [3.05, 3.63) is 78.1 Å². The van der Waals surface area contributed by atoms with E-state index in [2.05, 4.69) is 37.2 Å². The third-order valence-electron chi connectivity index (χ3n) is 4.07. The number of carbonyl (C=O) groups excluding carboxylic acids is 1. The number of nitrogens with one attached hydrogen (secondary N) is 1. The normalized spacial score (nSPS) is 10.7. The standard InChI is InChI=1S/C20H16Br2FNO2S/c1-11-4-3-5-17(12(11)2)26-9-13-6-18(27-10-13)20(25)24-19-15(21)7-14(23)8-16(19)22/h3-8,10H,9H2,1-2H3,(H,24,25). The molecule has 0 aliphatic rings. The summed E-state index contributed by atoms with van der Waals surface area (Å²) in [6.07, 6.45) is 0. The molecule has 27 heavy (non-hydrogen) atoms.